The largest absolute Gasteiger partial charge is 0.481 e. The molecule has 8 nitrogen and oxygen atoms in total. The highest BCUT2D eigenvalue weighted by molar-refractivity contribution is 7.14. The van der Waals surface area contributed by atoms with Gasteiger partial charge in [0, 0.05) is 41.8 Å². The van der Waals surface area contributed by atoms with Crippen LogP contribution >= 0.6 is 11.3 Å². The van der Waals surface area contributed by atoms with E-state index in [1.807, 2.05) is 66.2 Å². The Bertz CT molecular complexity index is 1500. The number of carboxylic acid groups (broad SMARTS) is 1. The van der Waals surface area contributed by atoms with Crippen molar-refractivity contribution in [3.05, 3.63) is 83.9 Å². The summed E-state index contributed by atoms with van der Waals surface area (Å²) < 4.78 is 5.46. The van der Waals surface area contributed by atoms with Gasteiger partial charge in [0.05, 0.1) is 31.2 Å². The Morgan fingerprint density at radius 2 is 1.73 bits per heavy atom. The number of aliphatic carboxylic acids is 1. The van der Waals surface area contributed by atoms with Crippen molar-refractivity contribution in [1.82, 2.24) is 9.97 Å². The summed E-state index contributed by atoms with van der Waals surface area (Å²) in [6.07, 6.45) is 3.85. The maximum atomic E-state index is 13.9. The van der Waals surface area contributed by atoms with Crippen molar-refractivity contribution in [3.63, 3.8) is 0 Å². The number of hydrogen-bond donors (Lipinski definition) is 1. The van der Waals surface area contributed by atoms with Gasteiger partial charge in [-0.25, -0.2) is 9.97 Å². The van der Waals surface area contributed by atoms with E-state index in [2.05, 4.69) is 17.0 Å². The minimum Gasteiger partial charge on any atom is -0.481 e. The Kier molecular flexibility index (Phi) is 8.07. The number of carbonyl (C=O) groups is 2. The Morgan fingerprint density at radius 3 is 2.41 bits per heavy atom. The molecule has 1 unspecified atom stereocenters. The van der Waals surface area contributed by atoms with Crippen LogP contribution < -0.4 is 9.80 Å². The van der Waals surface area contributed by atoms with Gasteiger partial charge in [0.25, 0.3) is 0 Å². The van der Waals surface area contributed by atoms with E-state index in [0.717, 1.165) is 59.7 Å². The molecule has 0 radical (unpaired) electrons. The lowest BCUT2D eigenvalue weighted by molar-refractivity contribution is -0.140. The van der Waals surface area contributed by atoms with Crippen LogP contribution in [-0.2, 0) is 20.7 Å². The molecular weight excluding hydrogens is 536 g/mol. The zero-order valence-electron chi connectivity index (χ0n) is 22.7. The monoisotopic (exact) mass is 568 g/mol. The molecule has 1 saturated heterocycles. The van der Waals surface area contributed by atoms with Crippen LogP contribution in [-0.4, -0.2) is 59.3 Å². The minimum atomic E-state index is -0.975. The summed E-state index contributed by atoms with van der Waals surface area (Å²) in [5.74, 6) is -0.866. The number of thiazole rings is 1. The second-order valence-electron chi connectivity index (χ2n) is 10.5. The lowest BCUT2D eigenvalue weighted by Gasteiger charge is -2.27. The van der Waals surface area contributed by atoms with Gasteiger partial charge in [-0.15, -0.1) is 11.3 Å². The molecule has 2 aromatic heterocycles. The fourth-order valence-corrected chi connectivity index (χ4v) is 6.20. The molecule has 1 amide bonds. The van der Waals surface area contributed by atoms with Crippen molar-refractivity contribution in [1.29, 1.82) is 0 Å². The molecule has 4 aromatic rings. The lowest BCUT2D eigenvalue weighted by Crippen LogP contribution is -2.39. The number of hydrogen-bond acceptors (Lipinski definition) is 7. The van der Waals surface area contributed by atoms with Gasteiger partial charge in [-0.2, -0.15) is 0 Å². The van der Waals surface area contributed by atoms with Crippen molar-refractivity contribution in [2.24, 2.45) is 5.92 Å². The van der Waals surface area contributed by atoms with Crippen LogP contribution in [0.3, 0.4) is 0 Å². The van der Waals surface area contributed by atoms with Gasteiger partial charge in [-0.1, -0.05) is 54.6 Å². The summed E-state index contributed by atoms with van der Waals surface area (Å²) in [6, 6.07) is 21.9. The summed E-state index contributed by atoms with van der Waals surface area (Å²) in [4.78, 5) is 39.3. The molecule has 1 N–H and O–H groups in total. The Labute approximate surface area is 243 Å². The van der Waals surface area contributed by atoms with E-state index in [1.54, 1.807) is 4.90 Å². The minimum absolute atomic E-state index is 0.0562. The number of rotatable bonds is 10. The summed E-state index contributed by atoms with van der Waals surface area (Å²) in [6.45, 7) is 3.09. The van der Waals surface area contributed by atoms with Crippen LogP contribution in [0.2, 0.25) is 0 Å². The highest BCUT2D eigenvalue weighted by Gasteiger charge is 2.39. The Morgan fingerprint density at radius 1 is 1.00 bits per heavy atom. The second-order valence-corrected chi connectivity index (χ2v) is 11.3. The maximum Gasteiger partial charge on any atom is 0.304 e. The molecule has 1 atom stereocenters. The summed E-state index contributed by atoms with van der Waals surface area (Å²) >= 11 is 1.43. The fraction of sp³-hybridized carbons (Fsp3) is 0.312. The molecule has 3 heterocycles. The van der Waals surface area contributed by atoms with Crippen LogP contribution in [0.5, 0.6) is 0 Å². The first kappa shape index (κ1) is 27.1. The highest BCUT2D eigenvalue weighted by atomic mass is 32.1. The summed E-state index contributed by atoms with van der Waals surface area (Å²) in [5.41, 5.74) is 4.71. The van der Waals surface area contributed by atoms with E-state index < -0.39 is 11.9 Å². The molecule has 2 aliphatic rings. The van der Waals surface area contributed by atoms with Crippen LogP contribution in [0.15, 0.2) is 78.3 Å². The first-order valence-electron chi connectivity index (χ1n) is 14.0. The average molecular weight is 569 g/mol. The van der Waals surface area contributed by atoms with E-state index >= 15 is 0 Å². The standard InChI is InChI=1S/C32H32N4O4S/c37-30(38)19-24(18-22-6-2-1-3-7-22)31(39)36(25-11-12-25)32-34-28(21-41-32)27-9-5-4-8-26(27)23-10-13-29(33-20-23)35-14-16-40-17-15-35/h1-10,13,20-21,24-25H,11-12,14-19H2,(H,37,38). The Balaban J connectivity index is 1.26. The molecule has 2 aromatic carbocycles. The molecule has 1 aliphatic carbocycles. The van der Waals surface area contributed by atoms with Crippen molar-refractivity contribution in [2.75, 3.05) is 36.1 Å². The SMILES string of the molecule is O=C(O)CC(Cc1ccccc1)C(=O)N(c1nc(-c2ccccc2-c2ccc(N3CCOCC3)nc2)cs1)C1CC1. The molecule has 1 saturated carbocycles. The number of morpholine rings is 1. The van der Waals surface area contributed by atoms with Crippen molar-refractivity contribution in [2.45, 2.75) is 31.7 Å². The number of carbonyl (C=O) groups excluding carboxylic acids is 1. The molecule has 210 valence electrons. The van der Waals surface area contributed by atoms with Gasteiger partial charge < -0.3 is 14.7 Å². The number of amides is 1. The quantitative estimate of drug-likeness (QED) is 0.268. The van der Waals surface area contributed by atoms with Crippen LogP contribution in [0.1, 0.15) is 24.8 Å². The molecule has 1 aliphatic heterocycles. The third-order valence-electron chi connectivity index (χ3n) is 7.54. The average Bonchev–Trinajstić information content (AvgIpc) is 3.73. The predicted octanol–water partition coefficient (Wildman–Crippen LogP) is 5.54. The van der Waals surface area contributed by atoms with E-state index in [9.17, 15) is 14.7 Å². The van der Waals surface area contributed by atoms with Gasteiger partial charge in [-0.3, -0.25) is 14.5 Å². The first-order chi connectivity index (χ1) is 20.1. The van der Waals surface area contributed by atoms with E-state index in [-0.39, 0.29) is 18.4 Å². The molecule has 0 spiro atoms. The highest BCUT2D eigenvalue weighted by Crippen LogP contribution is 2.39. The number of ether oxygens (including phenoxy) is 1. The van der Waals surface area contributed by atoms with E-state index in [4.69, 9.17) is 14.7 Å². The zero-order valence-corrected chi connectivity index (χ0v) is 23.5. The maximum absolute atomic E-state index is 13.9. The molecule has 9 heteroatoms. The van der Waals surface area contributed by atoms with E-state index in [0.29, 0.717) is 24.8 Å². The van der Waals surface area contributed by atoms with Gasteiger partial charge in [0.1, 0.15) is 5.82 Å². The van der Waals surface area contributed by atoms with Gasteiger partial charge in [0.2, 0.25) is 5.91 Å². The van der Waals surface area contributed by atoms with Crippen molar-refractivity contribution < 1.29 is 19.4 Å². The van der Waals surface area contributed by atoms with Crippen molar-refractivity contribution in [3.8, 4) is 22.4 Å². The summed E-state index contributed by atoms with van der Waals surface area (Å²) in [5, 5.41) is 12.2. The number of anilines is 2. The second kappa shape index (κ2) is 12.2. The van der Waals surface area contributed by atoms with Crippen LogP contribution in [0, 0.1) is 5.92 Å². The third-order valence-corrected chi connectivity index (χ3v) is 8.38. The lowest BCUT2D eigenvalue weighted by atomic mass is 9.94. The van der Waals surface area contributed by atoms with Crippen molar-refractivity contribution >= 4 is 34.2 Å². The molecular formula is C32H32N4O4S. The van der Waals surface area contributed by atoms with Gasteiger partial charge in [0.15, 0.2) is 5.13 Å². The van der Waals surface area contributed by atoms with E-state index in [1.165, 1.54) is 11.3 Å². The molecule has 2 fully saturated rings. The first-order valence-corrected chi connectivity index (χ1v) is 14.9. The van der Waals surface area contributed by atoms with Crippen LogP contribution in [0.4, 0.5) is 10.9 Å². The van der Waals surface area contributed by atoms with Crippen LogP contribution in [0.25, 0.3) is 22.4 Å². The fourth-order valence-electron chi connectivity index (χ4n) is 5.30. The number of carboxylic acids is 1. The normalized spacial score (nSPS) is 15.9. The third kappa shape index (κ3) is 6.31. The molecule has 0 bridgehead atoms. The summed E-state index contributed by atoms with van der Waals surface area (Å²) in [7, 11) is 0. The predicted molar refractivity (Wildman–Crippen MR) is 160 cm³/mol. The molecule has 41 heavy (non-hydrogen) atoms. The number of aromatic nitrogens is 2. The smallest absolute Gasteiger partial charge is 0.304 e. The zero-order chi connectivity index (χ0) is 28.2. The van der Waals surface area contributed by atoms with Gasteiger partial charge in [-0.05, 0) is 42.5 Å². The molecule has 6 rings (SSSR count). The number of pyridine rings is 1. The van der Waals surface area contributed by atoms with Gasteiger partial charge >= 0.3 is 5.97 Å². The Hall–Kier alpha value is -4.08. The number of nitrogens with zero attached hydrogens (tertiary/aromatic N) is 4. The number of benzene rings is 2. The topological polar surface area (TPSA) is 95.9 Å².